The number of alkyl halides is 4. The van der Waals surface area contributed by atoms with E-state index in [0.29, 0.717) is 0 Å². The van der Waals surface area contributed by atoms with Gasteiger partial charge in [0.15, 0.2) is 0 Å². The molecule has 0 aromatic carbocycles. The quantitative estimate of drug-likeness (QED) is 0.642. The first kappa shape index (κ1) is 13.4. The van der Waals surface area contributed by atoms with E-state index >= 15 is 0 Å². The third-order valence-corrected chi connectivity index (χ3v) is 6.73. The first-order valence-electron chi connectivity index (χ1n) is 4.91. The standard InChI is InChI=1S/C10H16BrCl3/c1-3-9(2)5-10(14,6-11)8(13)4-7(9)12/h7-8H,3-6H2,1-2H3/t7-,8+,9+,10+/m1/s1. The predicted molar refractivity (Wildman–Crippen MR) is 69.3 cm³/mol. The minimum atomic E-state index is -0.336. The molecule has 0 aromatic heterocycles. The van der Waals surface area contributed by atoms with Crippen molar-refractivity contribution in [2.45, 2.75) is 48.7 Å². The largest absolute Gasteiger partial charge is 0.122 e. The highest BCUT2D eigenvalue weighted by molar-refractivity contribution is 9.09. The summed E-state index contributed by atoms with van der Waals surface area (Å²) in [7, 11) is 0. The topological polar surface area (TPSA) is 0 Å². The van der Waals surface area contributed by atoms with Crippen molar-refractivity contribution in [2.75, 3.05) is 5.33 Å². The molecule has 1 aliphatic carbocycles. The Hall–Kier alpha value is 1.35. The van der Waals surface area contributed by atoms with Crippen LogP contribution in [0.3, 0.4) is 0 Å². The van der Waals surface area contributed by atoms with Crippen molar-refractivity contribution in [1.29, 1.82) is 0 Å². The Morgan fingerprint density at radius 2 is 1.93 bits per heavy atom. The highest BCUT2D eigenvalue weighted by atomic mass is 79.9. The van der Waals surface area contributed by atoms with Crippen molar-refractivity contribution in [3.63, 3.8) is 0 Å². The van der Waals surface area contributed by atoms with Gasteiger partial charge < -0.3 is 0 Å². The summed E-state index contributed by atoms with van der Waals surface area (Å²) < 4.78 is 0. The molecule has 0 nitrogen and oxygen atoms in total. The molecule has 0 heterocycles. The molecule has 4 heteroatoms. The van der Waals surface area contributed by atoms with Crippen LogP contribution >= 0.6 is 50.7 Å². The minimum absolute atomic E-state index is 0.0364. The molecule has 1 rings (SSSR count). The van der Waals surface area contributed by atoms with Gasteiger partial charge in [0, 0.05) is 10.7 Å². The number of rotatable bonds is 2. The second-order valence-electron chi connectivity index (χ2n) is 4.52. The highest BCUT2D eigenvalue weighted by Crippen LogP contribution is 2.51. The maximum atomic E-state index is 6.50. The van der Waals surface area contributed by atoms with Gasteiger partial charge in [0.05, 0.1) is 10.3 Å². The van der Waals surface area contributed by atoms with Crippen molar-refractivity contribution < 1.29 is 0 Å². The van der Waals surface area contributed by atoms with Crippen molar-refractivity contribution in [1.82, 2.24) is 0 Å². The second-order valence-corrected chi connectivity index (χ2v) is 6.89. The van der Waals surface area contributed by atoms with Gasteiger partial charge in [-0.2, -0.15) is 0 Å². The Kier molecular flexibility index (Phi) is 4.49. The molecule has 0 N–H and O–H groups in total. The Morgan fingerprint density at radius 1 is 1.36 bits per heavy atom. The van der Waals surface area contributed by atoms with Crippen LogP contribution in [0.25, 0.3) is 0 Å². The summed E-state index contributed by atoms with van der Waals surface area (Å²) in [4.78, 5) is -0.336. The van der Waals surface area contributed by atoms with Crippen molar-refractivity contribution >= 4 is 50.7 Å². The summed E-state index contributed by atoms with van der Waals surface area (Å²) in [5.74, 6) is 0. The normalized spacial score (nSPS) is 49.3. The van der Waals surface area contributed by atoms with E-state index in [4.69, 9.17) is 34.8 Å². The average molecular weight is 323 g/mol. The van der Waals surface area contributed by atoms with Crippen LogP contribution in [0.2, 0.25) is 0 Å². The molecule has 4 atom stereocenters. The molecule has 0 bridgehead atoms. The lowest BCUT2D eigenvalue weighted by atomic mass is 9.69. The van der Waals surface area contributed by atoms with Gasteiger partial charge in [0.25, 0.3) is 0 Å². The molecule has 0 amide bonds. The maximum absolute atomic E-state index is 6.50. The number of halogens is 4. The molecule has 0 aromatic rings. The van der Waals surface area contributed by atoms with Crippen LogP contribution in [0.1, 0.15) is 33.1 Å². The first-order valence-corrected chi connectivity index (χ1v) is 7.28. The highest BCUT2D eigenvalue weighted by Gasteiger charge is 2.49. The molecule has 0 radical (unpaired) electrons. The lowest BCUT2D eigenvalue weighted by Crippen LogP contribution is -2.50. The molecule has 1 aliphatic rings. The molecule has 84 valence electrons. The Morgan fingerprint density at radius 3 is 2.36 bits per heavy atom. The summed E-state index contributed by atoms with van der Waals surface area (Å²) in [5, 5.41) is 0.834. The van der Waals surface area contributed by atoms with E-state index in [0.717, 1.165) is 24.6 Å². The van der Waals surface area contributed by atoms with Gasteiger partial charge in [-0.1, -0.05) is 29.8 Å². The van der Waals surface area contributed by atoms with Crippen LogP contribution < -0.4 is 0 Å². The average Bonchev–Trinajstić information content (AvgIpc) is 2.15. The van der Waals surface area contributed by atoms with Gasteiger partial charge in [0.1, 0.15) is 0 Å². The van der Waals surface area contributed by atoms with Gasteiger partial charge in [0.2, 0.25) is 0 Å². The summed E-state index contributed by atoms with van der Waals surface area (Å²) >= 11 is 22.6. The zero-order valence-corrected chi connectivity index (χ0v) is 12.3. The molecular weight excluding hydrogens is 306 g/mol. The predicted octanol–water partition coefficient (Wildman–Crippen LogP) is 4.78. The Bertz CT molecular complexity index is 192. The minimum Gasteiger partial charge on any atom is -0.122 e. The van der Waals surface area contributed by atoms with E-state index in [1.54, 1.807) is 0 Å². The lowest BCUT2D eigenvalue weighted by Gasteiger charge is -2.47. The van der Waals surface area contributed by atoms with Crippen LogP contribution in [0.5, 0.6) is 0 Å². The summed E-state index contributed by atoms with van der Waals surface area (Å²) in [5.41, 5.74) is 0.114. The first-order chi connectivity index (χ1) is 6.38. The summed E-state index contributed by atoms with van der Waals surface area (Å²) in [6, 6.07) is 0. The molecule has 0 unspecified atom stereocenters. The number of hydrogen-bond donors (Lipinski definition) is 0. The van der Waals surface area contributed by atoms with Gasteiger partial charge >= 0.3 is 0 Å². The Labute approximate surface area is 110 Å². The molecular formula is C10H16BrCl3. The molecule has 14 heavy (non-hydrogen) atoms. The van der Waals surface area contributed by atoms with Gasteiger partial charge in [-0.15, -0.1) is 34.8 Å². The van der Waals surface area contributed by atoms with E-state index in [1.165, 1.54) is 0 Å². The van der Waals surface area contributed by atoms with Crippen molar-refractivity contribution in [2.24, 2.45) is 5.41 Å². The monoisotopic (exact) mass is 320 g/mol. The van der Waals surface area contributed by atoms with E-state index in [2.05, 4.69) is 29.8 Å². The molecule has 0 aliphatic heterocycles. The van der Waals surface area contributed by atoms with Crippen LogP contribution in [-0.4, -0.2) is 21.0 Å². The number of hydrogen-bond acceptors (Lipinski definition) is 0. The molecule has 0 spiro atoms. The second kappa shape index (κ2) is 4.69. The van der Waals surface area contributed by atoms with Crippen LogP contribution in [0.15, 0.2) is 0 Å². The van der Waals surface area contributed by atoms with Crippen molar-refractivity contribution in [3.05, 3.63) is 0 Å². The van der Waals surface area contributed by atoms with Gasteiger partial charge in [-0.3, -0.25) is 0 Å². The molecule has 0 saturated heterocycles. The summed E-state index contributed by atoms with van der Waals surface area (Å²) in [6.07, 6.45) is 2.72. The zero-order valence-electron chi connectivity index (χ0n) is 8.49. The fraction of sp³-hybridized carbons (Fsp3) is 1.00. The fourth-order valence-electron chi connectivity index (χ4n) is 2.05. The van der Waals surface area contributed by atoms with Crippen LogP contribution in [-0.2, 0) is 0 Å². The third kappa shape index (κ3) is 2.36. The molecule has 1 saturated carbocycles. The van der Waals surface area contributed by atoms with E-state index in [9.17, 15) is 0 Å². The zero-order chi connectivity index (χ0) is 11.0. The van der Waals surface area contributed by atoms with Gasteiger partial charge in [-0.25, -0.2) is 0 Å². The van der Waals surface area contributed by atoms with Crippen LogP contribution in [0, 0.1) is 5.41 Å². The van der Waals surface area contributed by atoms with E-state index in [-0.39, 0.29) is 21.0 Å². The lowest BCUT2D eigenvalue weighted by molar-refractivity contribution is 0.188. The van der Waals surface area contributed by atoms with E-state index in [1.807, 2.05) is 0 Å². The SMILES string of the molecule is CC[C@@]1(C)C[C@](Cl)(CBr)[C@@H](Cl)C[C@H]1Cl. The van der Waals surface area contributed by atoms with E-state index < -0.39 is 0 Å². The third-order valence-electron chi connectivity index (χ3n) is 3.46. The fourth-order valence-corrected chi connectivity index (χ4v) is 4.05. The van der Waals surface area contributed by atoms with Gasteiger partial charge in [-0.05, 0) is 24.7 Å². The Balaban J connectivity index is 2.86. The van der Waals surface area contributed by atoms with Crippen molar-refractivity contribution in [3.8, 4) is 0 Å². The smallest absolute Gasteiger partial charge is 0.0712 e. The summed E-state index contributed by atoms with van der Waals surface area (Å²) in [6.45, 7) is 4.36. The van der Waals surface area contributed by atoms with Crippen LogP contribution in [0.4, 0.5) is 0 Å². The maximum Gasteiger partial charge on any atom is 0.0712 e. The molecule has 1 fully saturated rings.